The zero-order chi connectivity index (χ0) is 14.8. The standard InChI is InChI=1S/C18H16BrNO/c1-21-17-8-7-12-9-15(6-5-13(12)11-17)18(20)14-3-2-4-16(19)10-14/h2-11,18H,20H2,1H3. The van der Waals surface area contributed by atoms with Gasteiger partial charge in [0.1, 0.15) is 5.75 Å². The zero-order valence-electron chi connectivity index (χ0n) is 11.7. The number of halogens is 1. The predicted octanol–water partition coefficient (Wildman–Crippen LogP) is 4.66. The van der Waals surface area contributed by atoms with Gasteiger partial charge in [0.25, 0.3) is 0 Å². The number of benzene rings is 3. The van der Waals surface area contributed by atoms with E-state index >= 15 is 0 Å². The van der Waals surface area contributed by atoms with Crippen molar-refractivity contribution in [2.24, 2.45) is 5.73 Å². The maximum atomic E-state index is 6.39. The van der Waals surface area contributed by atoms with Crippen molar-refractivity contribution < 1.29 is 4.74 Å². The van der Waals surface area contributed by atoms with Gasteiger partial charge >= 0.3 is 0 Å². The molecule has 1 atom stereocenters. The highest BCUT2D eigenvalue weighted by atomic mass is 79.9. The quantitative estimate of drug-likeness (QED) is 0.751. The summed E-state index contributed by atoms with van der Waals surface area (Å²) in [6.45, 7) is 0. The topological polar surface area (TPSA) is 35.2 Å². The van der Waals surface area contributed by atoms with Crippen molar-refractivity contribution in [2.45, 2.75) is 6.04 Å². The minimum absolute atomic E-state index is 0.131. The van der Waals surface area contributed by atoms with Gasteiger partial charge in [0.15, 0.2) is 0 Å². The van der Waals surface area contributed by atoms with Crippen LogP contribution in [0, 0.1) is 0 Å². The largest absolute Gasteiger partial charge is 0.497 e. The fourth-order valence-electron chi connectivity index (χ4n) is 2.46. The minimum atomic E-state index is -0.131. The first-order valence-corrected chi connectivity index (χ1v) is 7.55. The second kappa shape index (κ2) is 5.88. The van der Waals surface area contributed by atoms with Crippen LogP contribution in [0.15, 0.2) is 65.1 Å². The molecule has 0 aliphatic carbocycles. The molecular formula is C18H16BrNO. The Morgan fingerprint density at radius 2 is 1.62 bits per heavy atom. The van der Waals surface area contributed by atoms with Gasteiger partial charge in [0, 0.05) is 4.47 Å². The zero-order valence-corrected chi connectivity index (χ0v) is 13.3. The molecule has 0 bridgehead atoms. The van der Waals surface area contributed by atoms with E-state index in [1.807, 2.05) is 30.3 Å². The van der Waals surface area contributed by atoms with E-state index in [1.165, 1.54) is 5.39 Å². The van der Waals surface area contributed by atoms with Crippen molar-refractivity contribution in [1.82, 2.24) is 0 Å². The molecule has 0 spiro atoms. The summed E-state index contributed by atoms with van der Waals surface area (Å²) in [6, 6.07) is 20.4. The molecule has 0 saturated carbocycles. The van der Waals surface area contributed by atoms with Crippen LogP contribution in [0.5, 0.6) is 5.75 Å². The first-order valence-electron chi connectivity index (χ1n) is 6.76. The van der Waals surface area contributed by atoms with Gasteiger partial charge in [-0.15, -0.1) is 0 Å². The molecular weight excluding hydrogens is 326 g/mol. The van der Waals surface area contributed by atoms with E-state index in [0.717, 1.165) is 26.7 Å². The molecule has 3 heteroatoms. The molecule has 0 saturated heterocycles. The molecule has 0 radical (unpaired) electrons. The second-order valence-electron chi connectivity index (χ2n) is 5.01. The summed E-state index contributed by atoms with van der Waals surface area (Å²) in [7, 11) is 1.68. The molecule has 0 aromatic heterocycles. The Hall–Kier alpha value is -1.84. The van der Waals surface area contributed by atoms with Crippen molar-refractivity contribution in [3.63, 3.8) is 0 Å². The summed E-state index contributed by atoms with van der Waals surface area (Å²) >= 11 is 3.49. The van der Waals surface area contributed by atoms with Gasteiger partial charge in [-0.25, -0.2) is 0 Å². The van der Waals surface area contributed by atoms with Crippen molar-refractivity contribution >= 4 is 26.7 Å². The van der Waals surface area contributed by atoms with Crippen molar-refractivity contribution in [2.75, 3.05) is 7.11 Å². The van der Waals surface area contributed by atoms with E-state index in [-0.39, 0.29) is 6.04 Å². The lowest BCUT2D eigenvalue weighted by Gasteiger charge is -2.14. The molecule has 21 heavy (non-hydrogen) atoms. The van der Waals surface area contributed by atoms with Gasteiger partial charge in [0.05, 0.1) is 13.2 Å². The monoisotopic (exact) mass is 341 g/mol. The van der Waals surface area contributed by atoms with Crippen LogP contribution in [0.1, 0.15) is 17.2 Å². The van der Waals surface area contributed by atoms with Crippen LogP contribution in [0.3, 0.4) is 0 Å². The maximum Gasteiger partial charge on any atom is 0.119 e. The smallest absolute Gasteiger partial charge is 0.119 e. The van der Waals surface area contributed by atoms with Crippen molar-refractivity contribution in [1.29, 1.82) is 0 Å². The molecule has 0 fully saturated rings. The Morgan fingerprint density at radius 1 is 0.905 bits per heavy atom. The lowest BCUT2D eigenvalue weighted by Crippen LogP contribution is -2.11. The van der Waals surface area contributed by atoms with E-state index in [2.05, 4.69) is 46.3 Å². The fraction of sp³-hybridized carbons (Fsp3) is 0.111. The summed E-state index contributed by atoms with van der Waals surface area (Å²) < 4.78 is 6.30. The number of hydrogen-bond acceptors (Lipinski definition) is 2. The number of hydrogen-bond donors (Lipinski definition) is 1. The summed E-state index contributed by atoms with van der Waals surface area (Å²) in [6.07, 6.45) is 0. The van der Waals surface area contributed by atoms with Crippen molar-refractivity contribution in [3.8, 4) is 5.75 Å². The van der Waals surface area contributed by atoms with Gasteiger partial charge in [0.2, 0.25) is 0 Å². The molecule has 106 valence electrons. The van der Waals surface area contributed by atoms with Crippen LogP contribution < -0.4 is 10.5 Å². The summed E-state index contributed by atoms with van der Waals surface area (Å²) in [5.74, 6) is 0.867. The SMILES string of the molecule is COc1ccc2cc(C(N)c3cccc(Br)c3)ccc2c1. The third kappa shape index (κ3) is 2.94. The number of nitrogens with two attached hydrogens (primary N) is 1. The van der Waals surface area contributed by atoms with Crippen LogP contribution in [-0.4, -0.2) is 7.11 Å². The van der Waals surface area contributed by atoms with Crippen LogP contribution in [0.25, 0.3) is 10.8 Å². The molecule has 2 N–H and O–H groups in total. The highest BCUT2D eigenvalue weighted by molar-refractivity contribution is 9.10. The third-order valence-electron chi connectivity index (χ3n) is 3.64. The van der Waals surface area contributed by atoms with E-state index in [4.69, 9.17) is 10.5 Å². The number of methoxy groups -OCH3 is 1. The van der Waals surface area contributed by atoms with Gasteiger partial charge in [-0.3, -0.25) is 0 Å². The maximum absolute atomic E-state index is 6.39. The summed E-state index contributed by atoms with van der Waals surface area (Å²) in [5, 5.41) is 2.32. The van der Waals surface area contributed by atoms with E-state index < -0.39 is 0 Å². The van der Waals surface area contributed by atoms with Gasteiger partial charge < -0.3 is 10.5 Å². The van der Waals surface area contributed by atoms with Crippen molar-refractivity contribution in [3.05, 3.63) is 76.3 Å². The van der Waals surface area contributed by atoms with E-state index in [0.29, 0.717) is 0 Å². The molecule has 1 unspecified atom stereocenters. The number of fused-ring (bicyclic) bond motifs is 1. The molecule has 0 aliphatic rings. The van der Waals surface area contributed by atoms with E-state index in [1.54, 1.807) is 7.11 Å². The van der Waals surface area contributed by atoms with Crippen LogP contribution in [-0.2, 0) is 0 Å². The van der Waals surface area contributed by atoms with Crippen LogP contribution in [0.4, 0.5) is 0 Å². The van der Waals surface area contributed by atoms with Gasteiger partial charge in [-0.05, 0) is 52.2 Å². The van der Waals surface area contributed by atoms with Crippen LogP contribution >= 0.6 is 15.9 Å². The number of ether oxygens (including phenoxy) is 1. The van der Waals surface area contributed by atoms with Crippen LogP contribution in [0.2, 0.25) is 0 Å². The highest BCUT2D eigenvalue weighted by Gasteiger charge is 2.10. The van der Waals surface area contributed by atoms with E-state index in [9.17, 15) is 0 Å². The molecule has 2 nitrogen and oxygen atoms in total. The highest BCUT2D eigenvalue weighted by Crippen LogP contribution is 2.27. The first kappa shape index (κ1) is 14.1. The predicted molar refractivity (Wildman–Crippen MR) is 90.7 cm³/mol. The van der Waals surface area contributed by atoms with Gasteiger partial charge in [-0.2, -0.15) is 0 Å². The molecule has 3 aromatic rings. The number of rotatable bonds is 3. The molecule has 0 heterocycles. The Labute approximate surface area is 132 Å². The second-order valence-corrected chi connectivity index (χ2v) is 5.92. The third-order valence-corrected chi connectivity index (χ3v) is 4.13. The molecule has 3 rings (SSSR count). The summed E-state index contributed by atoms with van der Waals surface area (Å²) in [5.41, 5.74) is 8.58. The Balaban J connectivity index is 2.00. The minimum Gasteiger partial charge on any atom is -0.497 e. The molecule has 3 aromatic carbocycles. The lowest BCUT2D eigenvalue weighted by molar-refractivity contribution is 0.415. The van der Waals surface area contributed by atoms with Gasteiger partial charge in [-0.1, -0.05) is 46.3 Å². The molecule has 0 aliphatic heterocycles. The Kier molecular flexibility index (Phi) is 3.95. The lowest BCUT2D eigenvalue weighted by atomic mass is 9.97. The first-order chi connectivity index (χ1) is 10.2. The average molecular weight is 342 g/mol. The Bertz CT molecular complexity index is 785. The molecule has 0 amide bonds. The summed E-state index contributed by atoms with van der Waals surface area (Å²) in [4.78, 5) is 0. The average Bonchev–Trinajstić information content (AvgIpc) is 2.53. The Morgan fingerprint density at radius 3 is 2.38 bits per heavy atom. The normalized spacial score (nSPS) is 12.3. The fourth-order valence-corrected chi connectivity index (χ4v) is 2.87.